The molecule has 1 N–H and O–H groups in total. The first-order valence-electron chi connectivity index (χ1n) is 9.34. The summed E-state index contributed by atoms with van der Waals surface area (Å²) in [5, 5.41) is 3.64. The van der Waals surface area contributed by atoms with Crippen LogP contribution in [-0.2, 0) is 0 Å². The van der Waals surface area contributed by atoms with Gasteiger partial charge in [0.25, 0.3) is 0 Å². The minimum atomic E-state index is 0.395. The molecule has 1 saturated carbocycles. The van der Waals surface area contributed by atoms with Gasteiger partial charge in [0.05, 0.1) is 0 Å². The van der Waals surface area contributed by atoms with Gasteiger partial charge in [-0.1, -0.05) is 47.0 Å². The van der Waals surface area contributed by atoms with E-state index < -0.39 is 0 Å². The van der Waals surface area contributed by atoms with Gasteiger partial charge < -0.3 is 10.2 Å². The van der Waals surface area contributed by atoms with Gasteiger partial charge in [-0.15, -0.1) is 0 Å². The van der Waals surface area contributed by atoms with E-state index >= 15 is 0 Å². The van der Waals surface area contributed by atoms with Crippen LogP contribution in [0.1, 0.15) is 72.6 Å². The van der Waals surface area contributed by atoms with Crippen molar-refractivity contribution in [2.24, 2.45) is 16.7 Å². The second-order valence-electron chi connectivity index (χ2n) is 9.03. The summed E-state index contributed by atoms with van der Waals surface area (Å²) < 4.78 is 0. The molecule has 0 unspecified atom stereocenters. The van der Waals surface area contributed by atoms with Gasteiger partial charge in [0.15, 0.2) is 0 Å². The molecule has 2 nitrogen and oxygen atoms in total. The van der Waals surface area contributed by atoms with E-state index in [1.54, 1.807) is 0 Å². The predicted molar refractivity (Wildman–Crippen MR) is 92.7 cm³/mol. The van der Waals surface area contributed by atoms with Crippen molar-refractivity contribution in [1.29, 1.82) is 0 Å². The van der Waals surface area contributed by atoms with Crippen LogP contribution in [0.3, 0.4) is 0 Å². The van der Waals surface area contributed by atoms with Gasteiger partial charge in [0, 0.05) is 13.1 Å². The minimum absolute atomic E-state index is 0.395. The zero-order valence-corrected chi connectivity index (χ0v) is 15.0. The normalized spacial score (nSPS) is 23.9. The summed E-state index contributed by atoms with van der Waals surface area (Å²) in [6.07, 6.45) is 10.4. The molecule has 0 aromatic heterocycles. The molecular formula is C19H38N2. The minimum Gasteiger partial charge on any atom is -0.316 e. The van der Waals surface area contributed by atoms with E-state index in [0.717, 1.165) is 24.4 Å². The van der Waals surface area contributed by atoms with Crippen molar-refractivity contribution < 1.29 is 0 Å². The standard InChI is InChI=1S/C19H38N2/c1-17(2)14-20-15-18(3,4)16-21-12-10-19(11-13-21)8-6-5-7-9-19/h17,20H,5-16H2,1-4H3. The van der Waals surface area contributed by atoms with Crippen LogP contribution in [-0.4, -0.2) is 37.6 Å². The maximum absolute atomic E-state index is 3.64. The quantitative estimate of drug-likeness (QED) is 0.785. The number of nitrogens with zero attached hydrogens (tertiary/aromatic N) is 1. The second kappa shape index (κ2) is 7.46. The van der Waals surface area contributed by atoms with E-state index in [1.807, 2.05) is 0 Å². The first-order chi connectivity index (χ1) is 9.91. The highest BCUT2D eigenvalue weighted by Gasteiger charge is 2.36. The summed E-state index contributed by atoms with van der Waals surface area (Å²) >= 11 is 0. The van der Waals surface area contributed by atoms with E-state index in [1.165, 1.54) is 64.6 Å². The summed E-state index contributed by atoms with van der Waals surface area (Å²) in [4.78, 5) is 2.73. The molecule has 2 fully saturated rings. The fourth-order valence-electron chi connectivity index (χ4n) is 4.35. The van der Waals surface area contributed by atoms with Crippen LogP contribution in [0.15, 0.2) is 0 Å². The van der Waals surface area contributed by atoms with E-state index in [2.05, 4.69) is 37.9 Å². The number of likely N-dealkylation sites (tertiary alicyclic amines) is 1. The first-order valence-corrected chi connectivity index (χ1v) is 9.34. The zero-order chi connectivity index (χ0) is 15.3. The topological polar surface area (TPSA) is 15.3 Å². The second-order valence-corrected chi connectivity index (χ2v) is 9.03. The Morgan fingerprint density at radius 3 is 2.19 bits per heavy atom. The lowest BCUT2D eigenvalue weighted by molar-refractivity contribution is 0.0484. The van der Waals surface area contributed by atoms with Gasteiger partial charge in [0.1, 0.15) is 0 Å². The van der Waals surface area contributed by atoms with Gasteiger partial charge >= 0.3 is 0 Å². The highest BCUT2D eigenvalue weighted by molar-refractivity contribution is 4.89. The maximum Gasteiger partial charge on any atom is 0.00448 e. The van der Waals surface area contributed by atoms with Crippen molar-refractivity contribution in [3.8, 4) is 0 Å². The Balaban J connectivity index is 1.71. The molecule has 0 radical (unpaired) electrons. The largest absolute Gasteiger partial charge is 0.316 e. The van der Waals surface area contributed by atoms with Crippen LogP contribution in [0, 0.1) is 16.7 Å². The molecule has 1 saturated heterocycles. The molecule has 0 amide bonds. The molecule has 1 aliphatic carbocycles. The first kappa shape index (κ1) is 17.3. The highest BCUT2D eigenvalue weighted by Crippen LogP contribution is 2.44. The lowest BCUT2D eigenvalue weighted by atomic mass is 9.68. The van der Waals surface area contributed by atoms with E-state index in [0.29, 0.717) is 5.41 Å². The molecule has 21 heavy (non-hydrogen) atoms. The summed E-state index contributed by atoms with van der Waals surface area (Å²) in [6.45, 7) is 15.6. The summed E-state index contributed by atoms with van der Waals surface area (Å²) in [5.41, 5.74) is 1.14. The smallest absolute Gasteiger partial charge is 0.00448 e. The molecule has 0 aromatic carbocycles. The molecule has 0 aromatic rings. The Morgan fingerprint density at radius 1 is 1.00 bits per heavy atom. The Hall–Kier alpha value is -0.0800. The third-order valence-electron chi connectivity index (χ3n) is 5.64. The number of piperidine rings is 1. The maximum atomic E-state index is 3.64. The summed E-state index contributed by atoms with van der Waals surface area (Å²) in [5.74, 6) is 0.752. The van der Waals surface area contributed by atoms with Crippen LogP contribution < -0.4 is 5.32 Å². The summed E-state index contributed by atoms with van der Waals surface area (Å²) in [6, 6.07) is 0. The Bertz CT molecular complexity index is 293. The van der Waals surface area contributed by atoms with Crippen LogP contribution in [0.5, 0.6) is 0 Å². The van der Waals surface area contributed by atoms with Gasteiger partial charge in [-0.05, 0) is 62.1 Å². The lowest BCUT2D eigenvalue weighted by Gasteiger charge is -2.46. The van der Waals surface area contributed by atoms with Gasteiger partial charge in [-0.25, -0.2) is 0 Å². The molecule has 1 heterocycles. The number of nitrogens with one attached hydrogen (secondary N) is 1. The van der Waals surface area contributed by atoms with Crippen LogP contribution in [0.25, 0.3) is 0 Å². The van der Waals surface area contributed by atoms with Crippen molar-refractivity contribution in [3.05, 3.63) is 0 Å². The molecule has 1 spiro atoms. The van der Waals surface area contributed by atoms with Crippen molar-refractivity contribution in [1.82, 2.24) is 10.2 Å². The van der Waals surface area contributed by atoms with Gasteiger partial charge in [0.2, 0.25) is 0 Å². The zero-order valence-electron chi connectivity index (χ0n) is 15.0. The molecule has 2 rings (SSSR count). The van der Waals surface area contributed by atoms with Crippen LogP contribution in [0.4, 0.5) is 0 Å². The van der Waals surface area contributed by atoms with Gasteiger partial charge in [-0.2, -0.15) is 0 Å². The lowest BCUT2D eigenvalue weighted by Crippen LogP contribution is -2.47. The number of hydrogen-bond acceptors (Lipinski definition) is 2. The number of rotatable bonds is 6. The molecule has 1 aliphatic heterocycles. The fourth-order valence-corrected chi connectivity index (χ4v) is 4.35. The predicted octanol–water partition coefficient (Wildman–Crippen LogP) is 4.30. The van der Waals surface area contributed by atoms with Crippen molar-refractivity contribution in [2.45, 2.75) is 72.6 Å². The average Bonchev–Trinajstić information content (AvgIpc) is 2.42. The monoisotopic (exact) mass is 294 g/mol. The molecule has 0 bridgehead atoms. The molecule has 2 heteroatoms. The fraction of sp³-hybridized carbons (Fsp3) is 1.00. The van der Waals surface area contributed by atoms with Crippen molar-refractivity contribution >= 4 is 0 Å². The molecule has 124 valence electrons. The van der Waals surface area contributed by atoms with Crippen LogP contribution >= 0.6 is 0 Å². The molecular weight excluding hydrogens is 256 g/mol. The molecule has 2 aliphatic rings. The van der Waals surface area contributed by atoms with Crippen LogP contribution in [0.2, 0.25) is 0 Å². The van der Waals surface area contributed by atoms with E-state index in [4.69, 9.17) is 0 Å². The molecule has 0 atom stereocenters. The van der Waals surface area contributed by atoms with Crippen molar-refractivity contribution in [3.63, 3.8) is 0 Å². The Labute approximate surface area is 133 Å². The van der Waals surface area contributed by atoms with Crippen molar-refractivity contribution in [2.75, 3.05) is 32.7 Å². The average molecular weight is 295 g/mol. The van der Waals surface area contributed by atoms with E-state index in [9.17, 15) is 0 Å². The SMILES string of the molecule is CC(C)CNCC(C)(C)CN1CCC2(CCCCC2)CC1. The number of hydrogen-bond donors (Lipinski definition) is 1. The third kappa shape index (κ3) is 5.56. The Kier molecular flexibility index (Phi) is 6.14. The summed E-state index contributed by atoms with van der Waals surface area (Å²) in [7, 11) is 0. The Morgan fingerprint density at radius 2 is 1.62 bits per heavy atom. The highest BCUT2D eigenvalue weighted by atomic mass is 15.1. The van der Waals surface area contributed by atoms with Gasteiger partial charge in [-0.3, -0.25) is 0 Å². The third-order valence-corrected chi connectivity index (χ3v) is 5.64. The van der Waals surface area contributed by atoms with E-state index in [-0.39, 0.29) is 0 Å².